The van der Waals surface area contributed by atoms with Gasteiger partial charge in [0.2, 0.25) is 0 Å². The third-order valence-corrected chi connectivity index (χ3v) is 6.14. The van der Waals surface area contributed by atoms with E-state index in [0.717, 1.165) is 35.8 Å². The largest absolute Gasteiger partial charge is 0.465 e. The van der Waals surface area contributed by atoms with Crippen molar-refractivity contribution in [1.29, 1.82) is 0 Å². The Balaban J connectivity index is 1.74. The second-order valence-corrected chi connectivity index (χ2v) is 7.73. The Bertz CT molecular complexity index is 758. The first kappa shape index (κ1) is 16.0. The number of rotatable bonds is 4. The van der Waals surface area contributed by atoms with Crippen molar-refractivity contribution in [2.24, 2.45) is 0 Å². The smallest absolute Gasteiger partial charge is 0.319 e. The van der Waals surface area contributed by atoms with Gasteiger partial charge in [-0.2, -0.15) is 0 Å². The Kier molecular flexibility index (Phi) is 4.50. The molecule has 0 N–H and O–H groups in total. The summed E-state index contributed by atoms with van der Waals surface area (Å²) in [5.74, 6) is 0.640. The molecule has 24 heavy (non-hydrogen) atoms. The van der Waals surface area contributed by atoms with Crippen molar-refractivity contribution in [2.75, 3.05) is 6.61 Å². The maximum Gasteiger partial charge on any atom is 0.319 e. The lowest BCUT2D eigenvalue weighted by Crippen LogP contribution is -2.13. The highest BCUT2D eigenvalue weighted by molar-refractivity contribution is 8.00. The quantitative estimate of drug-likeness (QED) is 0.765. The van der Waals surface area contributed by atoms with Gasteiger partial charge >= 0.3 is 5.97 Å². The molecule has 0 radical (unpaired) electrons. The van der Waals surface area contributed by atoms with E-state index in [9.17, 15) is 4.79 Å². The Hall–Kier alpha value is -1.53. The minimum Gasteiger partial charge on any atom is -0.465 e. The topological polar surface area (TPSA) is 57.0 Å². The van der Waals surface area contributed by atoms with Crippen molar-refractivity contribution in [3.05, 3.63) is 29.3 Å². The molecule has 1 saturated heterocycles. The standard InChI is InChI=1S/C17H18ClN3O2S/c18-13-8-4-3-7-12(13)15-19-20-17(21(15)11-5-1-2-6-11)24-14-9-10-23-16(14)22/h3-4,7-8,11,14H,1-2,5-6,9-10H2. The van der Waals surface area contributed by atoms with Crippen LogP contribution in [0.3, 0.4) is 0 Å². The predicted octanol–water partition coefficient (Wildman–Crippen LogP) is 4.12. The molecular weight excluding hydrogens is 346 g/mol. The number of ether oxygens (including phenoxy) is 1. The number of halogens is 1. The number of hydrogen-bond acceptors (Lipinski definition) is 5. The molecule has 1 atom stereocenters. The zero-order chi connectivity index (χ0) is 16.5. The minimum atomic E-state index is -0.187. The summed E-state index contributed by atoms with van der Waals surface area (Å²) >= 11 is 7.84. The average molecular weight is 364 g/mol. The van der Waals surface area contributed by atoms with Crippen molar-refractivity contribution in [3.8, 4) is 11.4 Å². The van der Waals surface area contributed by atoms with E-state index in [1.807, 2.05) is 24.3 Å². The van der Waals surface area contributed by atoms with E-state index in [1.165, 1.54) is 24.6 Å². The molecule has 0 amide bonds. The van der Waals surface area contributed by atoms with Crippen molar-refractivity contribution in [1.82, 2.24) is 14.8 Å². The molecule has 1 aromatic heterocycles. The van der Waals surface area contributed by atoms with Crippen molar-refractivity contribution in [3.63, 3.8) is 0 Å². The number of thioether (sulfide) groups is 1. The lowest BCUT2D eigenvalue weighted by Gasteiger charge is -2.18. The van der Waals surface area contributed by atoms with E-state index in [1.54, 1.807) is 0 Å². The Morgan fingerprint density at radius 1 is 1.17 bits per heavy atom. The number of aromatic nitrogens is 3. The van der Waals surface area contributed by atoms with Crippen LogP contribution in [-0.2, 0) is 9.53 Å². The van der Waals surface area contributed by atoms with Crippen molar-refractivity contribution < 1.29 is 9.53 Å². The summed E-state index contributed by atoms with van der Waals surface area (Å²) in [4.78, 5) is 11.8. The van der Waals surface area contributed by atoms with Gasteiger partial charge in [0.25, 0.3) is 0 Å². The van der Waals surface area contributed by atoms with Gasteiger partial charge < -0.3 is 4.74 Å². The molecule has 1 saturated carbocycles. The number of hydrogen-bond donors (Lipinski definition) is 0. The van der Waals surface area contributed by atoms with E-state index in [-0.39, 0.29) is 11.2 Å². The second-order valence-electron chi connectivity index (χ2n) is 6.16. The third-order valence-electron chi connectivity index (χ3n) is 4.60. The third kappa shape index (κ3) is 2.93. The number of esters is 1. The molecule has 7 heteroatoms. The number of cyclic esters (lactones) is 1. The van der Waals surface area contributed by atoms with Gasteiger partial charge in [0.05, 0.1) is 11.6 Å². The summed E-state index contributed by atoms with van der Waals surface area (Å²) in [6, 6.07) is 8.07. The molecule has 1 aliphatic carbocycles. The average Bonchev–Trinajstić information content (AvgIpc) is 3.30. The Morgan fingerprint density at radius 2 is 1.96 bits per heavy atom. The molecule has 0 spiro atoms. The summed E-state index contributed by atoms with van der Waals surface area (Å²) in [7, 11) is 0. The first-order chi connectivity index (χ1) is 11.7. The normalized spacial score (nSPS) is 21.4. The van der Waals surface area contributed by atoms with E-state index < -0.39 is 0 Å². The van der Waals surface area contributed by atoms with Crippen LogP contribution in [0.1, 0.15) is 38.1 Å². The fraction of sp³-hybridized carbons (Fsp3) is 0.471. The Morgan fingerprint density at radius 3 is 2.67 bits per heavy atom. The van der Waals surface area contributed by atoms with Crippen LogP contribution in [0.4, 0.5) is 0 Å². The molecule has 2 aliphatic rings. The zero-order valence-corrected chi connectivity index (χ0v) is 14.7. The Labute approximate surface area is 149 Å². The van der Waals surface area contributed by atoms with Crippen LogP contribution in [0.15, 0.2) is 29.4 Å². The zero-order valence-electron chi connectivity index (χ0n) is 13.2. The lowest BCUT2D eigenvalue weighted by atomic mass is 10.2. The van der Waals surface area contributed by atoms with Gasteiger partial charge in [-0.05, 0) is 25.0 Å². The van der Waals surface area contributed by atoms with E-state index in [0.29, 0.717) is 17.7 Å². The molecule has 126 valence electrons. The molecule has 2 fully saturated rings. The first-order valence-corrected chi connectivity index (χ1v) is 9.53. The predicted molar refractivity (Wildman–Crippen MR) is 93.2 cm³/mol. The van der Waals surface area contributed by atoms with Crippen LogP contribution in [0.2, 0.25) is 5.02 Å². The van der Waals surface area contributed by atoms with Gasteiger partial charge in [-0.15, -0.1) is 10.2 Å². The van der Waals surface area contributed by atoms with E-state index in [2.05, 4.69) is 14.8 Å². The highest BCUT2D eigenvalue weighted by atomic mass is 35.5. The first-order valence-electron chi connectivity index (χ1n) is 8.27. The highest BCUT2D eigenvalue weighted by Gasteiger charge is 2.32. The van der Waals surface area contributed by atoms with Crippen LogP contribution in [0.5, 0.6) is 0 Å². The summed E-state index contributed by atoms with van der Waals surface area (Å²) in [5.41, 5.74) is 0.888. The molecule has 0 bridgehead atoms. The molecule has 1 unspecified atom stereocenters. The molecule has 2 heterocycles. The highest BCUT2D eigenvalue weighted by Crippen LogP contribution is 2.39. The van der Waals surface area contributed by atoms with Crippen LogP contribution in [-0.4, -0.2) is 32.6 Å². The summed E-state index contributed by atoms with van der Waals surface area (Å²) in [5, 5.41) is 10.1. The number of benzene rings is 1. The van der Waals surface area contributed by atoms with E-state index >= 15 is 0 Å². The number of nitrogens with zero attached hydrogens (tertiary/aromatic N) is 3. The van der Waals surface area contributed by atoms with Crippen LogP contribution in [0.25, 0.3) is 11.4 Å². The molecule has 4 rings (SSSR count). The number of carbonyl (C=O) groups is 1. The lowest BCUT2D eigenvalue weighted by molar-refractivity contribution is -0.137. The summed E-state index contributed by atoms with van der Waals surface area (Å²) < 4.78 is 7.26. The molecule has 1 aliphatic heterocycles. The maximum atomic E-state index is 11.8. The van der Waals surface area contributed by atoms with E-state index in [4.69, 9.17) is 16.3 Å². The fourth-order valence-electron chi connectivity index (χ4n) is 3.39. The summed E-state index contributed by atoms with van der Waals surface area (Å²) in [6.45, 7) is 0.492. The van der Waals surface area contributed by atoms with Crippen molar-refractivity contribution in [2.45, 2.75) is 48.6 Å². The van der Waals surface area contributed by atoms with Crippen LogP contribution >= 0.6 is 23.4 Å². The second kappa shape index (κ2) is 6.76. The van der Waals surface area contributed by atoms with Crippen LogP contribution < -0.4 is 0 Å². The molecule has 2 aromatic rings. The van der Waals surface area contributed by atoms with Gasteiger partial charge in [-0.25, -0.2) is 0 Å². The van der Waals surface area contributed by atoms with Gasteiger partial charge in [-0.1, -0.05) is 48.3 Å². The molecule has 1 aromatic carbocycles. The van der Waals surface area contributed by atoms with Gasteiger partial charge in [0, 0.05) is 18.0 Å². The summed E-state index contributed by atoms with van der Waals surface area (Å²) in [6.07, 6.45) is 5.36. The van der Waals surface area contributed by atoms with Gasteiger partial charge in [0.1, 0.15) is 5.25 Å². The SMILES string of the molecule is O=C1OCCC1Sc1nnc(-c2ccccc2Cl)n1C1CCCC1. The van der Waals surface area contributed by atoms with Gasteiger partial charge in [-0.3, -0.25) is 9.36 Å². The van der Waals surface area contributed by atoms with Crippen LogP contribution in [0, 0.1) is 0 Å². The molecular formula is C17H18ClN3O2S. The minimum absolute atomic E-state index is 0.153. The maximum absolute atomic E-state index is 11.8. The monoisotopic (exact) mass is 363 g/mol. The molecule has 5 nitrogen and oxygen atoms in total. The van der Waals surface area contributed by atoms with Crippen molar-refractivity contribution >= 4 is 29.3 Å². The number of carbonyl (C=O) groups excluding carboxylic acids is 1. The van der Waals surface area contributed by atoms with Gasteiger partial charge in [0.15, 0.2) is 11.0 Å². The fourth-order valence-corrected chi connectivity index (χ4v) is 4.68.